The molecular formula is C14H25NO3. The van der Waals surface area contributed by atoms with Crippen LogP contribution in [-0.4, -0.2) is 35.5 Å². The van der Waals surface area contributed by atoms with Gasteiger partial charge in [0.05, 0.1) is 5.92 Å². The molecule has 0 aromatic heterocycles. The maximum absolute atomic E-state index is 11.8. The molecule has 0 aromatic carbocycles. The Morgan fingerprint density at radius 1 is 1.28 bits per heavy atom. The van der Waals surface area contributed by atoms with Gasteiger partial charge in [-0.1, -0.05) is 39.0 Å². The first-order valence-electron chi connectivity index (χ1n) is 6.97. The van der Waals surface area contributed by atoms with Crippen molar-refractivity contribution in [2.75, 3.05) is 13.6 Å². The summed E-state index contributed by atoms with van der Waals surface area (Å²) in [6, 6.07) is 0. The highest BCUT2D eigenvalue weighted by Crippen LogP contribution is 2.26. The highest BCUT2D eigenvalue weighted by Gasteiger charge is 2.20. The molecule has 0 aliphatic heterocycles. The molecule has 1 rings (SSSR count). The van der Waals surface area contributed by atoms with E-state index < -0.39 is 11.9 Å². The van der Waals surface area contributed by atoms with Crippen molar-refractivity contribution >= 4 is 11.9 Å². The number of nitrogens with zero attached hydrogens (tertiary/aromatic N) is 1. The highest BCUT2D eigenvalue weighted by molar-refractivity contribution is 5.81. The van der Waals surface area contributed by atoms with E-state index in [9.17, 15) is 9.59 Å². The first-order valence-corrected chi connectivity index (χ1v) is 6.97. The van der Waals surface area contributed by atoms with Crippen LogP contribution in [0.1, 0.15) is 51.9 Å². The third-order valence-electron chi connectivity index (χ3n) is 3.93. The quantitative estimate of drug-likeness (QED) is 0.793. The number of carboxylic acid groups (broad SMARTS) is 1. The lowest BCUT2D eigenvalue weighted by Crippen LogP contribution is -2.31. The van der Waals surface area contributed by atoms with E-state index >= 15 is 0 Å². The van der Waals surface area contributed by atoms with E-state index in [1.807, 2.05) is 0 Å². The smallest absolute Gasteiger partial charge is 0.306 e. The van der Waals surface area contributed by atoms with E-state index in [1.165, 1.54) is 32.1 Å². The lowest BCUT2D eigenvalue weighted by atomic mass is 9.87. The average molecular weight is 255 g/mol. The molecule has 1 amide bonds. The molecule has 104 valence electrons. The van der Waals surface area contributed by atoms with Crippen molar-refractivity contribution in [3.05, 3.63) is 0 Å². The van der Waals surface area contributed by atoms with Gasteiger partial charge in [-0.15, -0.1) is 0 Å². The third kappa shape index (κ3) is 5.07. The standard InChI is InChI=1S/C14H25NO3/c1-11(14(17)18)10-13(16)15(2)9-8-12-6-4-3-5-7-12/h11-12H,3-10H2,1-2H3,(H,17,18). The molecule has 1 N–H and O–H groups in total. The van der Waals surface area contributed by atoms with Crippen LogP contribution in [0.2, 0.25) is 0 Å². The molecule has 0 bridgehead atoms. The Morgan fingerprint density at radius 3 is 2.44 bits per heavy atom. The van der Waals surface area contributed by atoms with Crippen LogP contribution in [0.4, 0.5) is 0 Å². The molecule has 0 spiro atoms. The van der Waals surface area contributed by atoms with Crippen molar-refractivity contribution in [2.45, 2.75) is 51.9 Å². The number of amides is 1. The van der Waals surface area contributed by atoms with Crippen molar-refractivity contribution in [2.24, 2.45) is 11.8 Å². The number of carboxylic acids is 1. The van der Waals surface area contributed by atoms with E-state index in [2.05, 4.69) is 0 Å². The van der Waals surface area contributed by atoms with Crippen LogP contribution < -0.4 is 0 Å². The molecule has 1 fully saturated rings. The van der Waals surface area contributed by atoms with Gasteiger partial charge in [0.15, 0.2) is 0 Å². The largest absolute Gasteiger partial charge is 0.481 e. The Hall–Kier alpha value is -1.06. The van der Waals surface area contributed by atoms with Crippen LogP contribution in [0.3, 0.4) is 0 Å². The van der Waals surface area contributed by atoms with Crippen LogP contribution in [0.5, 0.6) is 0 Å². The maximum Gasteiger partial charge on any atom is 0.306 e. The van der Waals surface area contributed by atoms with Crippen molar-refractivity contribution in [1.29, 1.82) is 0 Å². The zero-order valence-corrected chi connectivity index (χ0v) is 11.5. The molecule has 0 heterocycles. The summed E-state index contributed by atoms with van der Waals surface area (Å²) < 4.78 is 0. The van der Waals surface area contributed by atoms with Crippen molar-refractivity contribution < 1.29 is 14.7 Å². The Morgan fingerprint density at radius 2 is 1.89 bits per heavy atom. The molecular weight excluding hydrogens is 230 g/mol. The second-order valence-electron chi connectivity index (χ2n) is 5.55. The molecule has 18 heavy (non-hydrogen) atoms. The van der Waals surface area contributed by atoms with Gasteiger partial charge in [-0.2, -0.15) is 0 Å². The van der Waals surface area contributed by atoms with E-state index in [4.69, 9.17) is 5.11 Å². The first-order chi connectivity index (χ1) is 8.50. The van der Waals surface area contributed by atoms with Gasteiger partial charge in [0.1, 0.15) is 0 Å². The molecule has 1 aliphatic carbocycles. The predicted octanol–water partition coefficient (Wildman–Crippen LogP) is 2.53. The van der Waals surface area contributed by atoms with Gasteiger partial charge in [0.2, 0.25) is 5.91 Å². The van der Waals surface area contributed by atoms with Gasteiger partial charge in [0, 0.05) is 20.0 Å². The second kappa shape index (κ2) is 7.39. The van der Waals surface area contributed by atoms with E-state index in [0.717, 1.165) is 18.9 Å². The normalized spacial score (nSPS) is 18.3. The number of rotatable bonds is 6. The fourth-order valence-corrected chi connectivity index (χ4v) is 2.48. The summed E-state index contributed by atoms with van der Waals surface area (Å²) in [7, 11) is 1.78. The Balaban J connectivity index is 2.24. The topological polar surface area (TPSA) is 57.6 Å². The number of carbonyl (C=O) groups is 2. The number of hydrogen-bond donors (Lipinski definition) is 1. The summed E-state index contributed by atoms with van der Waals surface area (Å²) in [5.41, 5.74) is 0. The molecule has 0 radical (unpaired) electrons. The Labute approximate surface area is 109 Å². The molecule has 1 unspecified atom stereocenters. The number of hydrogen-bond acceptors (Lipinski definition) is 2. The van der Waals surface area contributed by atoms with Crippen LogP contribution in [0, 0.1) is 11.8 Å². The van der Waals surface area contributed by atoms with Crippen molar-refractivity contribution in [1.82, 2.24) is 4.90 Å². The lowest BCUT2D eigenvalue weighted by Gasteiger charge is -2.25. The minimum Gasteiger partial charge on any atom is -0.481 e. The van der Waals surface area contributed by atoms with E-state index in [-0.39, 0.29) is 12.3 Å². The minimum atomic E-state index is -0.899. The minimum absolute atomic E-state index is 0.0549. The summed E-state index contributed by atoms with van der Waals surface area (Å²) in [6.45, 7) is 2.34. The summed E-state index contributed by atoms with van der Waals surface area (Å²) in [4.78, 5) is 24.2. The van der Waals surface area contributed by atoms with Gasteiger partial charge in [-0.25, -0.2) is 0 Å². The second-order valence-corrected chi connectivity index (χ2v) is 5.55. The molecule has 4 nitrogen and oxygen atoms in total. The van der Waals surface area contributed by atoms with Crippen molar-refractivity contribution in [3.8, 4) is 0 Å². The molecule has 0 aromatic rings. The molecule has 1 aliphatic rings. The highest BCUT2D eigenvalue weighted by atomic mass is 16.4. The first kappa shape index (κ1) is 15.0. The SMILES string of the molecule is CC(CC(=O)N(C)CCC1CCCCC1)C(=O)O. The molecule has 0 saturated heterocycles. The zero-order valence-electron chi connectivity index (χ0n) is 11.5. The van der Waals surface area contributed by atoms with Gasteiger partial charge in [-0.3, -0.25) is 9.59 Å². The Bertz CT molecular complexity index is 285. The van der Waals surface area contributed by atoms with Gasteiger partial charge in [0.25, 0.3) is 0 Å². The number of aliphatic carboxylic acids is 1. The molecule has 1 saturated carbocycles. The van der Waals surface area contributed by atoms with Crippen molar-refractivity contribution in [3.63, 3.8) is 0 Å². The average Bonchev–Trinajstić information content (AvgIpc) is 2.36. The fraction of sp³-hybridized carbons (Fsp3) is 0.857. The van der Waals surface area contributed by atoms with Crippen LogP contribution >= 0.6 is 0 Å². The van der Waals surface area contributed by atoms with Crippen LogP contribution in [0.25, 0.3) is 0 Å². The predicted molar refractivity (Wildman–Crippen MR) is 70.2 cm³/mol. The van der Waals surface area contributed by atoms with E-state index in [1.54, 1.807) is 18.9 Å². The summed E-state index contributed by atoms with van der Waals surface area (Å²) in [5, 5.41) is 8.78. The van der Waals surface area contributed by atoms with Gasteiger partial charge in [-0.05, 0) is 12.3 Å². The third-order valence-corrected chi connectivity index (χ3v) is 3.93. The fourth-order valence-electron chi connectivity index (χ4n) is 2.48. The summed E-state index contributed by atoms with van der Waals surface area (Å²) >= 11 is 0. The monoisotopic (exact) mass is 255 g/mol. The number of carbonyl (C=O) groups excluding carboxylic acids is 1. The maximum atomic E-state index is 11.8. The van der Waals surface area contributed by atoms with Crippen LogP contribution in [-0.2, 0) is 9.59 Å². The van der Waals surface area contributed by atoms with E-state index in [0.29, 0.717) is 0 Å². The Kier molecular flexibility index (Phi) is 6.16. The lowest BCUT2D eigenvalue weighted by molar-refractivity contribution is -0.145. The van der Waals surface area contributed by atoms with Crippen LogP contribution in [0.15, 0.2) is 0 Å². The zero-order chi connectivity index (χ0) is 13.5. The van der Waals surface area contributed by atoms with Gasteiger partial charge < -0.3 is 10.0 Å². The molecule has 1 atom stereocenters. The summed E-state index contributed by atoms with van der Waals surface area (Å²) in [6.07, 6.45) is 7.72. The van der Waals surface area contributed by atoms with Gasteiger partial charge >= 0.3 is 5.97 Å². The summed E-state index contributed by atoms with van der Waals surface area (Å²) in [5.74, 6) is -0.787. The molecule has 4 heteroatoms.